The Labute approximate surface area is 127 Å². The van der Waals surface area contributed by atoms with Crippen LogP contribution in [0, 0.1) is 0 Å². The van der Waals surface area contributed by atoms with Gasteiger partial charge in [-0.25, -0.2) is 0 Å². The number of hydrogen-bond acceptors (Lipinski definition) is 2. The van der Waals surface area contributed by atoms with Crippen molar-refractivity contribution in [2.24, 2.45) is 0 Å². The third-order valence-corrected chi connectivity index (χ3v) is 3.76. The van der Waals surface area contributed by atoms with Gasteiger partial charge in [0.1, 0.15) is 0 Å². The number of halogens is 2. The second kappa shape index (κ2) is 7.04. The van der Waals surface area contributed by atoms with Crippen molar-refractivity contribution in [2.75, 3.05) is 6.54 Å². The summed E-state index contributed by atoms with van der Waals surface area (Å²) in [5.74, 6) is 0. The second-order valence-electron chi connectivity index (χ2n) is 4.30. The molecule has 0 fully saturated rings. The Bertz CT molecular complexity index is 531. The Morgan fingerprint density at radius 2 is 2.16 bits per heavy atom. The van der Waals surface area contributed by atoms with E-state index in [1.807, 2.05) is 36.5 Å². The Morgan fingerprint density at radius 1 is 1.32 bits per heavy atom. The van der Waals surface area contributed by atoms with Crippen LogP contribution in [0.4, 0.5) is 0 Å². The largest absolute Gasteiger partial charge is 0.310 e. The Kier molecular flexibility index (Phi) is 5.37. The van der Waals surface area contributed by atoms with Crippen LogP contribution in [-0.4, -0.2) is 11.5 Å². The van der Waals surface area contributed by atoms with Gasteiger partial charge in [-0.15, -0.1) is 0 Å². The molecule has 2 rings (SSSR count). The highest BCUT2D eigenvalue weighted by atomic mass is 79.9. The van der Waals surface area contributed by atoms with E-state index in [2.05, 4.69) is 39.2 Å². The average molecular weight is 340 g/mol. The first-order valence-electron chi connectivity index (χ1n) is 6.29. The van der Waals surface area contributed by atoms with Gasteiger partial charge >= 0.3 is 0 Å². The fourth-order valence-electron chi connectivity index (χ4n) is 2.05. The zero-order valence-electron chi connectivity index (χ0n) is 10.7. The Hall–Kier alpha value is -0.900. The van der Waals surface area contributed by atoms with E-state index in [4.69, 9.17) is 11.6 Å². The van der Waals surface area contributed by atoms with Gasteiger partial charge in [0.25, 0.3) is 0 Å². The molecule has 1 aromatic carbocycles. The van der Waals surface area contributed by atoms with Gasteiger partial charge in [0.2, 0.25) is 0 Å². The number of nitrogens with one attached hydrogen (secondary N) is 1. The van der Waals surface area contributed by atoms with Crippen molar-refractivity contribution >= 4 is 27.5 Å². The smallest absolute Gasteiger partial charge is 0.0454 e. The van der Waals surface area contributed by atoms with E-state index in [9.17, 15) is 0 Å². The molecule has 0 radical (unpaired) electrons. The molecule has 0 saturated carbocycles. The number of pyridine rings is 1. The highest BCUT2D eigenvalue weighted by Gasteiger charge is 2.15. The summed E-state index contributed by atoms with van der Waals surface area (Å²) in [7, 11) is 0. The minimum absolute atomic E-state index is 0.171. The highest BCUT2D eigenvalue weighted by Crippen LogP contribution is 2.28. The van der Waals surface area contributed by atoms with E-state index in [-0.39, 0.29) is 6.04 Å². The Morgan fingerprint density at radius 3 is 2.84 bits per heavy atom. The highest BCUT2D eigenvalue weighted by molar-refractivity contribution is 9.10. The van der Waals surface area contributed by atoms with E-state index >= 15 is 0 Å². The topological polar surface area (TPSA) is 24.9 Å². The van der Waals surface area contributed by atoms with Crippen LogP contribution in [-0.2, 0) is 6.42 Å². The maximum Gasteiger partial charge on any atom is 0.0454 e. The fourth-order valence-corrected chi connectivity index (χ4v) is 2.68. The first kappa shape index (κ1) is 14.5. The van der Waals surface area contributed by atoms with Crippen molar-refractivity contribution in [2.45, 2.75) is 19.4 Å². The third-order valence-electron chi connectivity index (χ3n) is 2.92. The number of rotatable bonds is 5. The summed E-state index contributed by atoms with van der Waals surface area (Å²) in [5, 5.41) is 4.25. The molecule has 19 heavy (non-hydrogen) atoms. The van der Waals surface area contributed by atoms with Crippen LogP contribution in [0.2, 0.25) is 5.02 Å². The maximum absolute atomic E-state index is 6.31. The first-order chi connectivity index (χ1) is 9.20. The van der Waals surface area contributed by atoms with Crippen LogP contribution in [0.5, 0.6) is 0 Å². The van der Waals surface area contributed by atoms with Crippen molar-refractivity contribution < 1.29 is 0 Å². The van der Waals surface area contributed by atoms with Crippen LogP contribution >= 0.6 is 27.5 Å². The molecule has 0 aliphatic carbocycles. The lowest BCUT2D eigenvalue weighted by molar-refractivity contribution is 0.544. The molecule has 2 aromatic rings. The van der Waals surface area contributed by atoms with Crippen molar-refractivity contribution in [3.8, 4) is 0 Å². The van der Waals surface area contributed by atoms with Gasteiger partial charge in [0.15, 0.2) is 0 Å². The fraction of sp³-hybridized carbons (Fsp3) is 0.267. The van der Waals surface area contributed by atoms with Crippen molar-refractivity contribution in [3.63, 3.8) is 0 Å². The van der Waals surface area contributed by atoms with Gasteiger partial charge in [-0.05, 0) is 42.4 Å². The predicted octanol–water partition coefficient (Wildman–Crippen LogP) is 4.39. The molecule has 4 heteroatoms. The molecule has 0 aliphatic heterocycles. The molecule has 0 saturated heterocycles. The molecule has 100 valence electrons. The molecule has 0 amide bonds. The molecule has 2 nitrogen and oxygen atoms in total. The van der Waals surface area contributed by atoms with Crippen LogP contribution in [0.1, 0.15) is 24.2 Å². The molecule has 1 atom stereocenters. The lowest BCUT2D eigenvalue weighted by atomic mass is 10.0. The molecular formula is C15H16BrClN2. The van der Waals surface area contributed by atoms with Gasteiger partial charge in [0, 0.05) is 33.8 Å². The Balaban J connectivity index is 2.27. The van der Waals surface area contributed by atoms with Crippen LogP contribution in [0.25, 0.3) is 0 Å². The quantitative estimate of drug-likeness (QED) is 0.874. The number of hydrogen-bond donors (Lipinski definition) is 1. The van der Waals surface area contributed by atoms with E-state index in [1.165, 1.54) is 0 Å². The monoisotopic (exact) mass is 338 g/mol. The zero-order valence-corrected chi connectivity index (χ0v) is 13.1. The van der Waals surface area contributed by atoms with Gasteiger partial charge in [-0.1, -0.05) is 40.5 Å². The summed E-state index contributed by atoms with van der Waals surface area (Å²) in [6.45, 7) is 2.98. The van der Waals surface area contributed by atoms with Crippen LogP contribution in [0.3, 0.4) is 0 Å². The van der Waals surface area contributed by atoms with E-state index < -0.39 is 0 Å². The third kappa shape index (κ3) is 4.03. The first-order valence-corrected chi connectivity index (χ1v) is 7.46. The standard InChI is InChI=1S/C15H16BrClN2/c1-2-18-15(10-12-5-3-4-8-19-12)13-9-11(16)6-7-14(13)17/h3-9,15,18H,2,10H2,1H3. The van der Waals surface area contributed by atoms with Gasteiger partial charge in [0.05, 0.1) is 0 Å². The van der Waals surface area contributed by atoms with Crippen molar-refractivity contribution in [1.82, 2.24) is 10.3 Å². The molecule has 1 N–H and O–H groups in total. The van der Waals surface area contributed by atoms with Crippen LogP contribution in [0.15, 0.2) is 47.1 Å². The minimum Gasteiger partial charge on any atom is -0.310 e. The maximum atomic E-state index is 6.31. The second-order valence-corrected chi connectivity index (χ2v) is 5.62. The summed E-state index contributed by atoms with van der Waals surface area (Å²) < 4.78 is 1.04. The summed E-state index contributed by atoms with van der Waals surface area (Å²) in [6, 6.07) is 12.1. The average Bonchev–Trinajstić information content (AvgIpc) is 2.42. The van der Waals surface area contributed by atoms with E-state index in [0.717, 1.165) is 33.7 Å². The molecule has 0 bridgehead atoms. The summed E-state index contributed by atoms with van der Waals surface area (Å²) in [4.78, 5) is 4.38. The molecule has 0 aliphatic rings. The molecule has 0 spiro atoms. The normalized spacial score (nSPS) is 12.4. The minimum atomic E-state index is 0.171. The number of nitrogens with zero attached hydrogens (tertiary/aromatic N) is 1. The number of likely N-dealkylation sites (N-methyl/N-ethyl adjacent to an activating group) is 1. The lowest BCUT2D eigenvalue weighted by Crippen LogP contribution is -2.23. The number of aromatic nitrogens is 1. The summed E-state index contributed by atoms with van der Waals surface area (Å²) in [5.41, 5.74) is 2.16. The zero-order chi connectivity index (χ0) is 13.7. The predicted molar refractivity (Wildman–Crippen MR) is 83.5 cm³/mol. The van der Waals surface area contributed by atoms with Gasteiger partial charge < -0.3 is 5.32 Å². The summed E-state index contributed by atoms with van der Waals surface area (Å²) >= 11 is 9.81. The molecule has 1 heterocycles. The van der Waals surface area contributed by atoms with Gasteiger partial charge in [-0.3, -0.25) is 4.98 Å². The van der Waals surface area contributed by atoms with Crippen molar-refractivity contribution in [1.29, 1.82) is 0 Å². The SMILES string of the molecule is CCNC(Cc1ccccn1)c1cc(Br)ccc1Cl. The molecular weight excluding hydrogens is 324 g/mol. The summed E-state index contributed by atoms with van der Waals surface area (Å²) in [6.07, 6.45) is 2.64. The van der Waals surface area contributed by atoms with E-state index in [0.29, 0.717) is 0 Å². The van der Waals surface area contributed by atoms with Crippen LogP contribution < -0.4 is 5.32 Å². The van der Waals surface area contributed by atoms with Crippen molar-refractivity contribution in [3.05, 3.63) is 63.3 Å². The lowest BCUT2D eigenvalue weighted by Gasteiger charge is -2.19. The van der Waals surface area contributed by atoms with Gasteiger partial charge in [-0.2, -0.15) is 0 Å². The van der Waals surface area contributed by atoms with E-state index in [1.54, 1.807) is 0 Å². The molecule has 1 aromatic heterocycles. The molecule has 1 unspecified atom stereocenters. The number of benzene rings is 1.